The predicted molar refractivity (Wildman–Crippen MR) is 57.9 cm³/mol. The molecule has 1 amide bonds. The summed E-state index contributed by atoms with van der Waals surface area (Å²) in [4.78, 5) is 13.7. The van der Waals surface area contributed by atoms with Crippen molar-refractivity contribution >= 4 is 5.91 Å². The maximum absolute atomic E-state index is 11.7. The lowest BCUT2D eigenvalue weighted by Crippen LogP contribution is -2.41. The number of unbranched alkanes of at least 4 members (excludes halogenated alkanes) is 1. The summed E-state index contributed by atoms with van der Waals surface area (Å²) in [6.45, 7) is 4.67. The summed E-state index contributed by atoms with van der Waals surface area (Å²) in [6, 6.07) is 0. The van der Waals surface area contributed by atoms with Crippen LogP contribution in [0.5, 0.6) is 0 Å². The van der Waals surface area contributed by atoms with Crippen LogP contribution in [0.15, 0.2) is 0 Å². The number of rotatable bonds is 4. The van der Waals surface area contributed by atoms with Gasteiger partial charge in [0.2, 0.25) is 5.91 Å². The van der Waals surface area contributed by atoms with E-state index in [4.69, 9.17) is 5.73 Å². The number of carbonyl (C=O) groups is 1. The summed E-state index contributed by atoms with van der Waals surface area (Å²) in [5.74, 6) is 0.860. The van der Waals surface area contributed by atoms with Crippen LogP contribution in [0.25, 0.3) is 0 Å². The van der Waals surface area contributed by atoms with Gasteiger partial charge in [-0.2, -0.15) is 0 Å². The van der Waals surface area contributed by atoms with Gasteiger partial charge < -0.3 is 10.6 Å². The first-order chi connectivity index (χ1) is 6.77. The molecule has 3 nitrogen and oxygen atoms in total. The molecule has 82 valence electrons. The maximum Gasteiger partial charge on any atom is 0.222 e. The molecule has 0 aromatic heterocycles. The van der Waals surface area contributed by atoms with Crippen LogP contribution in [-0.4, -0.2) is 30.4 Å². The fraction of sp³-hybridized carbons (Fsp3) is 0.909. The number of amides is 1. The molecular weight excluding hydrogens is 176 g/mol. The van der Waals surface area contributed by atoms with Gasteiger partial charge in [0.25, 0.3) is 0 Å². The van der Waals surface area contributed by atoms with E-state index in [1.807, 2.05) is 4.90 Å². The van der Waals surface area contributed by atoms with Crippen molar-refractivity contribution in [2.24, 2.45) is 11.7 Å². The predicted octanol–water partition coefficient (Wildman–Crippen LogP) is 1.37. The summed E-state index contributed by atoms with van der Waals surface area (Å²) in [5.41, 5.74) is 5.63. The number of carbonyl (C=O) groups excluding carboxylic acids is 1. The number of hydrogen-bond acceptors (Lipinski definition) is 2. The van der Waals surface area contributed by atoms with Crippen LogP contribution in [-0.2, 0) is 4.79 Å². The smallest absolute Gasteiger partial charge is 0.222 e. The molecule has 1 saturated heterocycles. The van der Waals surface area contributed by atoms with Crippen LogP contribution >= 0.6 is 0 Å². The SMILES string of the molecule is CCCCC(=O)N1CCC[C@H](CN)C1. The number of nitrogens with zero attached hydrogens (tertiary/aromatic N) is 1. The van der Waals surface area contributed by atoms with Crippen LogP contribution in [0.2, 0.25) is 0 Å². The second kappa shape index (κ2) is 6.02. The lowest BCUT2D eigenvalue weighted by Gasteiger charge is -2.32. The quantitative estimate of drug-likeness (QED) is 0.741. The van der Waals surface area contributed by atoms with Crippen molar-refractivity contribution < 1.29 is 4.79 Å². The van der Waals surface area contributed by atoms with Crippen LogP contribution in [0.3, 0.4) is 0 Å². The number of nitrogens with two attached hydrogens (primary N) is 1. The first kappa shape index (κ1) is 11.5. The lowest BCUT2D eigenvalue weighted by atomic mass is 9.98. The molecule has 0 spiro atoms. The first-order valence-electron chi connectivity index (χ1n) is 5.75. The first-order valence-corrected chi connectivity index (χ1v) is 5.75. The zero-order valence-electron chi connectivity index (χ0n) is 9.17. The fourth-order valence-corrected chi connectivity index (χ4v) is 1.97. The average molecular weight is 198 g/mol. The minimum Gasteiger partial charge on any atom is -0.342 e. The number of piperidine rings is 1. The van der Waals surface area contributed by atoms with Gasteiger partial charge in [-0.1, -0.05) is 13.3 Å². The monoisotopic (exact) mass is 198 g/mol. The van der Waals surface area contributed by atoms with E-state index < -0.39 is 0 Å². The number of likely N-dealkylation sites (tertiary alicyclic amines) is 1. The van der Waals surface area contributed by atoms with E-state index in [2.05, 4.69) is 6.92 Å². The van der Waals surface area contributed by atoms with Crippen LogP contribution in [0, 0.1) is 5.92 Å². The Labute approximate surface area is 86.6 Å². The maximum atomic E-state index is 11.7. The van der Waals surface area contributed by atoms with Gasteiger partial charge in [0.15, 0.2) is 0 Å². The molecule has 0 unspecified atom stereocenters. The molecule has 0 aromatic rings. The fourth-order valence-electron chi connectivity index (χ4n) is 1.97. The average Bonchev–Trinajstić information content (AvgIpc) is 2.26. The molecule has 1 aliphatic rings. The highest BCUT2D eigenvalue weighted by Gasteiger charge is 2.21. The normalized spacial score (nSPS) is 22.4. The van der Waals surface area contributed by atoms with Crippen molar-refractivity contribution in [3.8, 4) is 0 Å². The second-order valence-electron chi connectivity index (χ2n) is 4.19. The van der Waals surface area contributed by atoms with Gasteiger partial charge in [-0.05, 0) is 31.7 Å². The van der Waals surface area contributed by atoms with Crippen molar-refractivity contribution in [2.75, 3.05) is 19.6 Å². The third-order valence-corrected chi connectivity index (χ3v) is 2.95. The molecule has 1 heterocycles. The van der Waals surface area contributed by atoms with Crippen molar-refractivity contribution in [1.29, 1.82) is 0 Å². The van der Waals surface area contributed by atoms with E-state index in [0.29, 0.717) is 18.2 Å². The van der Waals surface area contributed by atoms with E-state index in [-0.39, 0.29) is 0 Å². The molecule has 14 heavy (non-hydrogen) atoms. The Kier molecular flexibility index (Phi) is 4.94. The van der Waals surface area contributed by atoms with Crippen molar-refractivity contribution in [2.45, 2.75) is 39.0 Å². The molecule has 1 atom stereocenters. The Bertz CT molecular complexity index is 182. The lowest BCUT2D eigenvalue weighted by molar-refractivity contribution is -0.133. The largest absolute Gasteiger partial charge is 0.342 e. The molecule has 1 aliphatic heterocycles. The molecule has 2 N–H and O–H groups in total. The molecule has 0 bridgehead atoms. The van der Waals surface area contributed by atoms with Gasteiger partial charge in [-0.15, -0.1) is 0 Å². The topological polar surface area (TPSA) is 46.3 Å². The van der Waals surface area contributed by atoms with E-state index in [9.17, 15) is 4.79 Å². The van der Waals surface area contributed by atoms with Crippen LogP contribution in [0.1, 0.15) is 39.0 Å². The molecule has 1 rings (SSSR count). The Morgan fingerprint density at radius 2 is 2.36 bits per heavy atom. The summed E-state index contributed by atoms with van der Waals surface area (Å²) in [6.07, 6.45) is 5.14. The van der Waals surface area contributed by atoms with Gasteiger partial charge in [0.1, 0.15) is 0 Å². The molecule has 0 radical (unpaired) electrons. The third-order valence-electron chi connectivity index (χ3n) is 2.95. The highest BCUT2D eigenvalue weighted by molar-refractivity contribution is 5.76. The molecular formula is C11H22N2O. The standard InChI is InChI=1S/C11H22N2O/c1-2-3-6-11(14)13-7-4-5-10(8-12)9-13/h10H,2-9,12H2,1H3/t10-/m1/s1. The Morgan fingerprint density at radius 1 is 1.57 bits per heavy atom. The highest BCUT2D eigenvalue weighted by atomic mass is 16.2. The van der Waals surface area contributed by atoms with Gasteiger partial charge >= 0.3 is 0 Å². The van der Waals surface area contributed by atoms with Crippen LogP contribution in [0.4, 0.5) is 0 Å². The second-order valence-corrected chi connectivity index (χ2v) is 4.19. The summed E-state index contributed by atoms with van der Waals surface area (Å²) >= 11 is 0. The zero-order valence-corrected chi connectivity index (χ0v) is 9.17. The highest BCUT2D eigenvalue weighted by Crippen LogP contribution is 2.16. The zero-order chi connectivity index (χ0) is 10.4. The summed E-state index contributed by atoms with van der Waals surface area (Å²) < 4.78 is 0. The van der Waals surface area contributed by atoms with E-state index in [1.54, 1.807) is 0 Å². The molecule has 0 aromatic carbocycles. The van der Waals surface area contributed by atoms with Gasteiger partial charge in [-0.25, -0.2) is 0 Å². The Hall–Kier alpha value is -0.570. The van der Waals surface area contributed by atoms with Gasteiger partial charge in [-0.3, -0.25) is 4.79 Å². The van der Waals surface area contributed by atoms with E-state index in [1.165, 1.54) is 6.42 Å². The van der Waals surface area contributed by atoms with Gasteiger partial charge in [0.05, 0.1) is 0 Å². The van der Waals surface area contributed by atoms with Crippen molar-refractivity contribution in [3.05, 3.63) is 0 Å². The van der Waals surface area contributed by atoms with E-state index >= 15 is 0 Å². The molecule has 0 aliphatic carbocycles. The van der Waals surface area contributed by atoms with E-state index in [0.717, 1.165) is 38.9 Å². The molecule has 1 fully saturated rings. The van der Waals surface area contributed by atoms with Gasteiger partial charge in [0, 0.05) is 19.5 Å². The minimum atomic E-state index is 0.324. The Balaban J connectivity index is 2.31. The third kappa shape index (κ3) is 3.29. The van der Waals surface area contributed by atoms with Crippen LogP contribution < -0.4 is 5.73 Å². The summed E-state index contributed by atoms with van der Waals surface area (Å²) in [5, 5.41) is 0. The van der Waals surface area contributed by atoms with Crippen molar-refractivity contribution in [3.63, 3.8) is 0 Å². The number of hydrogen-bond donors (Lipinski definition) is 1. The minimum absolute atomic E-state index is 0.324. The summed E-state index contributed by atoms with van der Waals surface area (Å²) in [7, 11) is 0. The molecule has 3 heteroatoms. The Morgan fingerprint density at radius 3 is 3.00 bits per heavy atom. The molecule has 0 saturated carbocycles. The van der Waals surface area contributed by atoms with Crippen molar-refractivity contribution in [1.82, 2.24) is 4.90 Å².